The van der Waals surface area contributed by atoms with Crippen molar-refractivity contribution in [2.24, 2.45) is 0 Å². The van der Waals surface area contributed by atoms with Crippen LogP contribution >= 0.6 is 15.9 Å². The molecule has 1 atom stereocenters. The maximum Gasteiger partial charge on any atom is 0.346 e. The summed E-state index contributed by atoms with van der Waals surface area (Å²) in [7, 11) is 2.75. The van der Waals surface area contributed by atoms with Crippen LogP contribution in [0.25, 0.3) is 0 Å². The van der Waals surface area contributed by atoms with Crippen molar-refractivity contribution in [2.75, 3.05) is 21.0 Å². The average molecular weight is 213 g/mol. The first-order valence-electron chi connectivity index (χ1n) is 2.54. The van der Waals surface area contributed by atoms with Gasteiger partial charge < -0.3 is 14.2 Å². The Morgan fingerprint density at radius 3 is 2.60 bits per heavy atom. The molecule has 0 spiro atoms. The Balaban J connectivity index is 3.41. The molecule has 0 aromatic rings. The molecule has 0 radical (unpaired) electrons. The Hall–Kier alpha value is -0.130. The van der Waals surface area contributed by atoms with Gasteiger partial charge in [-0.3, -0.25) is 0 Å². The molecule has 0 heterocycles. The van der Waals surface area contributed by atoms with E-state index < -0.39 is 11.0 Å². The summed E-state index contributed by atoms with van der Waals surface area (Å²) in [4.78, 5) is 10.6. The summed E-state index contributed by atoms with van der Waals surface area (Å²) < 4.78 is 13.7. The first-order chi connectivity index (χ1) is 4.72. The third-order valence-corrected chi connectivity index (χ3v) is 1.36. The van der Waals surface area contributed by atoms with Crippen LogP contribution in [0.15, 0.2) is 0 Å². The zero-order valence-corrected chi connectivity index (χ0v) is 7.38. The van der Waals surface area contributed by atoms with Crippen LogP contribution in [0.1, 0.15) is 0 Å². The lowest BCUT2D eigenvalue weighted by Gasteiger charge is -2.06. The number of alkyl halides is 1. The summed E-state index contributed by atoms with van der Waals surface area (Å²) in [6, 6.07) is 0. The van der Waals surface area contributed by atoms with Gasteiger partial charge in [0.1, 0.15) is 6.79 Å². The highest BCUT2D eigenvalue weighted by atomic mass is 79.9. The molecule has 0 aliphatic carbocycles. The van der Waals surface area contributed by atoms with Crippen LogP contribution in [0, 0.1) is 0 Å². The number of ether oxygens (including phenoxy) is 3. The fourth-order valence-electron chi connectivity index (χ4n) is 0.288. The van der Waals surface area contributed by atoms with Crippen molar-refractivity contribution in [1.82, 2.24) is 0 Å². The predicted octanol–water partition coefficient (Wildman–Crippen LogP) is 0.501. The van der Waals surface area contributed by atoms with Gasteiger partial charge in [-0.2, -0.15) is 0 Å². The van der Waals surface area contributed by atoms with Gasteiger partial charge in [-0.05, 0) is 15.9 Å². The summed E-state index contributed by atoms with van der Waals surface area (Å²) in [6.07, 6.45) is 0. The molecule has 0 aliphatic heterocycles. The lowest BCUT2D eigenvalue weighted by molar-refractivity contribution is -0.153. The second-order valence-electron chi connectivity index (χ2n) is 1.41. The largest absolute Gasteiger partial charge is 0.466 e. The molecular weight excluding hydrogens is 204 g/mol. The first-order valence-corrected chi connectivity index (χ1v) is 3.46. The standard InChI is InChI=1S/C5H9BrO4/c1-8-3-10-4(6)5(7)9-2/h4H,3H2,1-2H3. The second kappa shape index (κ2) is 5.64. The van der Waals surface area contributed by atoms with E-state index in [1.807, 2.05) is 0 Å². The normalized spacial score (nSPS) is 12.7. The summed E-state index contributed by atoms with van der Waals surface area (Å²) in [5.41, 5.74) is 0. The van der Waals surface area contributed by atoms with Crippen molar-refractivity contribution in [1.29, 1.82) is 0 Å². The van der Waals surface area contributed by atoms with Crippen molar-refractivity contribution < 1.29 is 19.0 Å². The summed E-state index contributed by atoms with van der Waals surface area (Å²) >= 11 is 2.93. The van der Waals surface area contributed by atoms with Crippen molar-refractivity contribution in [3.05, 3.63) is 0 Å². The van der Waals surface area contributed by atoms with Gasteiger partial charge in [0.05, 0.1) is 7.11 Å². The molecule has 60 valence electrons. The Morgan fingerprint density at radius 1 is 1.60 bits per heavy atom. The minimum Gasteiger partial charge on any atom is -0.466 e. The lowest BCUT2D eigenvalue weighted by Crippen LogP contribution is -2.19. The molecule has 5 heteroatoms. The Kier molecular flexibility index (Phi) is 5.57. The molecule has 0 fully saturated rings. The van der Waals surface area contributed by atoms with Crippen LogP contribution in [0.2, 0.25) is 0 Å². The highest BCUT2D eigenvalue weighted by Gasteiger charge is 2.14. The van der Waals surface area contributed by atoms with E-state index in [1.54, 1.807) is 0 Å². The number of methoxy groups -OCH3 is 2. The second-order valence-corrected chi connectivity index (χ2v) is 2.24. The third-order valence-electron chi connectivity index (χ3n) is 0.719. The Bertz CT molecular complexity index is 106. The van der Waals surface area contributed by atoms with Crippen molar-refractivity contribution in [2.45, 2.75) is 5.01 Å². The number of hydrogen-bond donors (Lipinski definition) is 0. The van der Waals surface area contributed by atoms with Crippen LogP contribution < -0.4 is 0 Å². The molecule has 0 aromatic carbocycles. The number of esters is 1. The molecule has 0 aromatic heterocycles. The smallest absolute Gasteiger partial charge is 0.346 e. The highest BCUT2D eigenvalue weighted by molar-refractivity contribution is 9.09. The number of carbonyl (C=O) groups excluding carboxylic acids is 1. The molecule has 10 heavy (non-hydrogen) atoms. The van der Waals surface area contributed by atoms with Crippen molar-refractivity contribution >= 4 is 21.9 Å². The van der Waals surface area contributed by atoms with Crippen LogP contribution in [-0.4, -0.2) is 32.0 Å². The minimum absolute atomic E-state index is 0.0605. The number of carbonyl (C=O) groups is 1. The summed E-state index contributed by atoms with van der Waals surface area (Å²) in [6.45, 7) is 0.0605. The summed E-state index contributed by atoms with van der Waals surface area (Å²) in [5.74, 6) is -0.475. The lowest BCUT2D eigenvalue weighted by atomic mass is 10.7. The molecular formula is C5H9BrO4. The Morgan fingerprint density at radius 2 is 2.20 bits per heavy atom. The quantitative estimate of drug-likeness (QED) is 0.387. The van der Waals surface area contributed by atoms with Crippen molar-refractivity contribution in [3.63, 3.8) is 0 Å². The van der Waals surface area contributed by atoms with E-state index in [4.69, 9.17) is 4.74 Å². The molecule has 0 rings (SSSR count). The van der Waals surface area contributed by atoms with E-state index in [1.165, 1.54) is 14.2 Å². The van der Waals surface area contributed by atoms with Gasteiger partial charge in [-0.1, -0.05) is 0 Å². The van der Waals surface area contributed by atoms with Gasteiger partial charge in [0.15, 0.2) is 0 Å². The molecule has 0 N–H and O–H groups in total. The van der Waals surface area contributed by atoms with Crippen LogP contribution in [-0.2, 0) is 19.0 Å². The molecule has 0 saturated heterocycles. The molecule has 4 nitrogen and oxygen atoms in total. The Labute approximate surface area is 67.6 Å². The van der Waals surface area contributed by atoms with Gasteiger partial charge in [-0.25, -0.2) is 4.79 Å². The number of hydrogen-bond acceptors (Lipinski definition) is 4. The number of halogens is 1. The molecule has 0 bridgehead atoms. The third kappa shape index (κ3) is 3.81. The van der Waals surface area contributed by atoms with Crippen LogP contribution in [0.4, 0.5) is 0 Å². The minimum atomic E-state index is -0.738. The first kappa shape index (κ1) is 9.87. The maximum absolute atomic E-state index is 10.6. The van der Waals surface area contributed by atoms with Gasteiger partial charge in [-0.15, -0.1) is 0 Å². The van der Waals surface area contributed by atoms with Crippen LogP contribution in [0.3, 0.4) is 0 Å². The fraction of sp³-hybridized carbons (Fsp3) is 0.800. The van der Waals surface area contributed by atoms with E-state index in [2.05, 4.69) is 25.4 Å². The van der Waals surface area contributed by atoms with Gasteiger partial charge >= 0.3 is 5.97 Å². The number of rotatable bonds is 4. The van der Waals surface area contributed by atoms with Crippen LogP contribution in [0.5, 0.6) is 0 Å². The fourth-order valence-corrected chi connectivity index (χ4v) is 0.583. The van der Waals surface area contributed by atoms with Gasteiger partial charge in [0, 0.05) is 7.11 Å². The highest BCUT2D eigenvalue weighted by Crippen LogP contribution is 2.02. The zero-order valence-electron chi connectivity index (χ0n) is 5.80. The molecule has 0 saturated carbocycles. The zero-order chi connectivity index (χ0) is 7.98. The summed E-state index contributed by atoms with van der Waals surface area (Å²) in [5, 5.41) is -0.738. The topological polar surface area (TPSA) is 44.8 Å². The molecule has 0 aliphatic rings. The average Bonchev–Trinajstić information content (AvgIpc) is 1.98. The van der Waals surface area contributed by atoms with Gasteiger partial charge in [0.2, 0.25) is 5.01 Å². The van der Waals surface area contributed by atoms with E-state index in [-0.39, 0.29) is 6.79 Å². The monoisotopic (exact) mass is 212 g/mol. The van der Waals surface area contributed by atoms with E-state index in [0.717, 1.165) is 0 Å². The SMILES string of the molecule is COCOC(Br)C(=O)OC. The van der Waals surface area contributed by atoms with Gasteiger partial charge in [0.25, 0.3) is 0 Å². The maximum atomic E-state index is 10.6. The van der Waals surface area contributed by atoms with E-state index in [9.17, 15) is 4.79 Å². The van der Waals surface area contributed by atoms with E-state index >= 15 is 0 Å². The van der Waals surface area contributed by atoms with Crippen molar-refractivity contribution in [3.8, 4) is 0 Å². The van der Waals surface area contributed by atoms with E-state index in [0.29, 0.717) is 0 Å². The predicted molar refractivity (Wildman–Crippen MR) is 37.7 cm³/mol. The molecule has 1 unspecified atom stereocenters. The molecule has 0 amide bonds.